The van der Waals surface area contributed by atoms with Crippen LogP contribution in [0, 0.1) is 16.6 Å². The number of hydrogen-bond acceptors (Lipinski definition) is 5. The van der Waals surface area contributed by atoms with E-state index in [1.807, 2.05) is 43.5 Å². The standard InChI is InChI=1S/C17H24N4O2S2/c1-3-13(2)16(22)19-8-10-23-11-9-20-17(24)21-14-4-6-15(7-5-14)25-12-18/h4-7,13H,3,8-11H2,1-2H3,(H,19,22)(H2,20,21,24). The van der Waals surface area contributed by atoms with Crippen molar-refractivity contribution in [3.05, 3.63) is 24.3 Å². The van der Waals surface area contributed by atoms with Crippen molar-refractivity contribution in [2.75, 3.05) is 31.6 Å². The Labute approximate surface area is 158 Å². The Morgan fingerprint density at radius 1 is 1.28 bits per heavy atom. The number of thiocyanates is 1. The van der Waals surface area contributed by atoms with Crippen molar-refractivity contribution in [1.82, 2.24) is 10.6 Å². The van der Waals surface area contributed by atoms with Crippen LogP contribution in [0.5, 0.6) is 0 Å². The first-order valence-corrected chi connectivity index (χ1v) is 9.35. The molecule has 0 aromatic heterocycles. The zero-order valence-electron chi connectivity index (χ0n) is 14.5. The second kappa shape index (κ2) is 12.5. The maximum atomic E-state index is 11.6. The summed E-state index contributed by atoms with van der Waals surface area (Å²) < 4.78 is 5.44. The van der Waals surface area contributed by atoms with Gasteiger partial charge in [-0.15, -0.1) is 0 Å². The summed E-state index contributed by atoms with van der Waals surface area (Å²) in [6.07, 6.45) is 0.834. The molecular formula is C17H24N4O2S2. The van der Waals surface area contributed by atoms with Crippen LogP contribution in [-0.4, -0.2) is 37.3 Å². The van der Waals surface area contributed by atoms with Crippen LogP contribution >= 0.6 is 24.0 Å². The molecule has 0 fully saturated rings. The molecule has 1 atom stereocenters. The highest BCUT2D eigenvalue weighted by Crippen LogP contribution is 2.18. The van der Waals surface area contributed by atoms with Gasteiger partial charge in [0.2, 0.25) is 5.91 Å². The summed E-state index contributed by atoms with van der Waals surface area (Å²) >= 11 is 6.32. The van der Waals surface area contributed by atoms with Gasteiger partial charge in [-0.3, -0.25) is 4.79 Å². The lowest BCUT2D eigenvalue weighted by Gasteiger charge is -2.12. The van der Waals surface area contributed by atoms with Crippen LogP contribution in [0.1, 0.15) is 20.3 Å². The van der Waals surface area contributed by atoms with Crippen LogP contribution in [0.4, 0.5) is 5.69 Å². The molecule has 0 aliphatic rings. The second-order valence-electron chi connectivity index (χ2n) is 5.31. The molecule has 0 bridgehead atoms. The monoisotopic (exact) mass is 380 g/mol. The number of benzene rings is 1. The molecule has 1 rings (SSSR count). The molecule has 1 unspecified atom stereocenters. The van der Waals surface area contributed by atoms with E-state index in [1.54, 1.807) is 0 Å². The smallest absolute Gasteiger partial charge is 0.222 e. The molecule has 0 aliphatic carbocycles. The summed E-state index contributed by atoms with van der Waals surface area (Å²) in [5.41, 5.74) is 0.855. The minimum atomic E-state index is 0.0395. The van der Waals surface area contributed by atoms with E-state index in [9.17, 15) is 4.79 Å². The Kier molecular flexibility index (Phi) is 10.6. The minimum absolute atomic E-state index is 0.0395. The van der Waals surface area contributed by atoms with Crippen molar-refractivity contribution in [3.63, 3.8) is 0 Å². The molecule has 8 heteroatoms. The Bertz CT molecular complexity index is 587. The fraction of sp³-hybridized carbons (Fsp3) is 0.471. The number of nitriles is 1. The third-order valence-corrected chi connectivity index (χ3v) is 4.26. The third-order valence-electron chi connectivity index (χ3n) is 3.41. The molecule has 0 spiro atoms. The fourth-order valence-corrected chi connectivity index (χ4v) is 2.38. The Hall–Kier alpha value is -1.82. The molecular weight excluding hydrogens is 356 g/mol. The topological polar surface area (TPSA) is 86.2 Å². The van der Waals surface area contributed by atoms with E-state index in [2.05, 4.69) is 16.0 Å². The number of nitrogens with one attached hydrogen (secondary N) is 3. The quantitative estimate of drug-likeness (QED) is 0.249. The van der Waals surface area contributed by atoms with Gasteiger partial charge in [-0.2, -0.15) is 5.26 Å². The number of nitrogens with zero attached hydrogens (tertiary/aromatic N) is 1. The normalized spacial score (nSPS) is 11.2. The maximum absolute atomic E-state index is 11.6. The average molecular weight is 381 g/mol. The van der Waals surface area contributed by atoms with E-state index in [1.165, 1.54) is 0 Å². The van der Waals surface area contributed by atoms with Crippen molar-refractivity contribution in [1.29, 1.82) is 5.26 Å². The van der Waals surface area contributed by atoms with E-state index in [0.717, 1.165) is 28.8 Å². The highest BCUT2D eigenvalue weighted by atomic mass is 32.2. The summed E-state index contributed by atoms with van der Waals surface area (Å²) in [6.45, 7) is 5.96. The van der Waals surface area contributed by atoms with Crippen LogP contribution < -0.4 is 16.0 Å². The first kappa shape index (κ1) is 21.2. The first-order valence-electron chi connectivity index (χ1n) is 8.13. The first-order chi connectivity index (χ1) is 12.1. The third kappa shape index (κ3) is 9.29. The number of carbonyl (C=O) groups is 1. The van der Waals surface area contributed by atoms with Gasteiger partial charge in [-0.25, -0.2) is 0 Å². The van der Waals surface area contributed by atoms with Gasteiger partial charge < -0.3 is 20.7 Å². The predicted molar refractivity (Wildman–Crippen MR) is 105 cm³/mol. The number of thiocarbonyl (C=S) groups is 1. The Morgan fingerprint density at radius 3 is 2.52 bits per heavy atom. The lowest BCUT2D eigenvalue weighted by atomic mass is 10.1. The average Bonchev–Trinajstić information content (AvgIpc) is 2.61. The highest BCUT2D eigenvalue weighted by molar-refractivity contribution is 8.03. The zero-order chi connectivity index (χ0) is 18.5. The zero-order valence-corrected chi connectivity index (χ0v) is 16.1. The van der Waals surface area contributed by atoms with Gasteiger partial charge in [0.25, 0.3) is 0 Å². The van der Waals surface area contributed by atoms with Crippen molar-refractivity contribution in [2.24, 2.45) is 5.92 Å². The van der Waals surface area contributed by atoms with Gasteiger partial charge in [-0.05, 0) is 54.7 Å². The van der Waals surface area contributed by atoms with Crippen LogP contribution in [0.15, 0.2) is 29.2 Å². The predicted octanol–water partition coefficient (Wildman–Crippen LogP) is 2.73. The molecule has 1 aromatic carbocycles. The molecule has 1 aromatic rings. The van der Waals surface area contributed by atoms with Gasteiger partial charge in [0.1, 0.15) is 5.40 Å². The van der Waals surface area contributed by atoms with E-state index in [0.29, 0.717) is 31.4 Å². The number of hydrogen-bond donors (Lipinski definition) is 3. The second-order valence-corrected chi connectivity index (χ2v) is 6.58. The van der Waals surface area contributed by atoms with E-state index < -0.39 is 0 Å². The molecule has 0 aliphatic heterocycles. The van der Waals surface area contributed by atoms with Crippen LogP contribution in [-0.2, 0) is 9.53 Å². The minimum Gasteiger partial charge on any atom is -0.378 e. The number of anilines is 1. The summed E-state index contributed by atoms with van der Waals surface area (Å²) in [5.74, 6) is 0.103. The summed E-state index contributed by atoms with van der Waals surface area (Å²) in [4.78, 5) is 12.5. The number of thioether (sulfide) groups is 1. The highest BCUT2D eigenvalue weighted by Gasteiger charge is 2.08. The van der Waals surface area contributed by atoms with Gasteiger partial charge in [0.05, 0.1) is 13.2 Å². The molecule has 0 saturated heterocycles. The summed E-state index contributed by atoms with van der Waals surface area (Å²) in [7, 11) is 0. The number of amides is 1. The molecule has 1 amide bonds. The van der Waals surface area contributed by atoms with Gasteiger partial charge in [0, 0.05) is 29.6 Å². The van der Waals surface area contributed by atoms with E-state index in [4.69, 9.17) is 22.2 Å². The lowest BCUT2D eigenvalue weighted by molar-refractivity contribution is -0.124. The largest absolute Gasteiger partial charge is 0.378 e. The fourth-order valence-electron chi connectivity index (χ4n) is 1.78. The van der Waals surface area contributed by atoms with Crippen LogP contribution in [0.25, 0.3) is 0 Å². The maximum Gasteiger partial charge on any atom is 0.222 e. The van der Waals surface area contributed by atoms with Gasteiger partial charge in [0.15, 0.2) is 5.11 Å². The van der Waals surface area contributed by atoms with Crippen molar-refractivity contribution >= 4 is 40.7 Å². The molecule has 25 heavy (non-hydrogen) atoms. The summed E-state index contributed by atoms with van der Waals surface area (Å²) in [6, 6.07) is 7.44. The van der Waals surface area contributed by atoms with E-state index in [-0.39, 0.29) is 11.8 Å². The molecule has 0 saturated carbocycles. The number of rotatable bonds is 10. The summed E-state index contributed by atoms with van der Waals surface area (Å²) in [5, 5.41) is 20.1. The van der Waals surface area contributed by atoms with Crippen molar-refractivity contribution in [3.8, 4) is 5.40 Å². The van der Waals surface area contributed by atoms with Crippen LogP contribution in [0.3, 0.4) is 0 Å². The number of carbonyl (C=O) groups excluding carboxylic acids is 1. The molecule has 3 N–H and O–H groups in total. The van der Waals surface area contributed by atoms with Gasteiger partial charge >= 0.3 is 0 Å². The Balaban J connectivity index is 2.09. The molecule has 0 heterocycles. The SMILES string of the molecule is CCC(C)C(=O)NCCOCCNC(=S)Nc1ccc(SC#N)cc1. The Morgan fingerprint density at radius 2 is 1.92 bits per heavy atom. The van der Waals surface area contributed by atoms with Gasteiger partial charge in [-0.1, -0.05) is 13.8 Å². The van der Waals surface area contributed by atoms with Crippen LogP contribution in [0.2, 0.25) is 0 Å². The van der Waals surface area contributed by atoms with Crippen molar-refractivity contribution in [2.45, 2.75) is 25.2 Å². The molecule has 0 radical (unpaired) electrons. The lowest BCUT2D eigenvalue weighted by Crippen LogP contribution is -2.33. The molecule has 6 nitrogen and oxygen atoms in total. The van der Waals surface area contributed by atoms with Crippen molar-refractivity contribution < 1.29 is 9.53 Å². The number of ether oxygens (including phenoxy) is 1. The molecule has 136 valence electrons. The van der Waals surface area contributed by atoms with E-state index >= 15 is 0 Å².